The van der Waals surface area contributed by atoms with Crippen LogP contribution in [0.25, 0.3) is 10.8 Å². The number of aromatic nitrogens is 1. The molecule has 1 aliphatic rings. The second-order valence-electron chi connectivity index (χ2n) is 7.54. The average Bonchev–Trinajstić information content (AvgIpc) is 3.23. The fourth-order valence-electron chi connectivity index (χ4n) is 3.69. The molecule has 2 N–H and O–H groups in total. The largest absolute Gasteiger partial charge is 0.487 e. The van der Waals surface area contributed by atoms with Gasteiger partial charge in [0.05, 0.1) is 12.2 Å². The number of rotatable bonds is 7. The minimum Gasteiger partial charge on any atom is -0.487 e. The monoisotopic (exact) mass is 423 g/mol. The van der Waals surface area contributed by atoms with Gasteiger partial charge in [0.1, 0.15) is 12.4 Å². The lowest BCUT2D eigenvalue weighted by atomic mass is 9.89. The number of nitrogens with zero attached hydrogens (tertiary/aromatic N) is 1. The molecule has 1 saturated carbocycles. The Morgan fingerprint density at radius 1 is 1.07 bits per heavy atom. The maximum atomic E-state index is 12.1. The Kier molecular flexibility index (Phi) is 6.59. The molecular weight excluding hydrogens is 398 g/mol. The Bertz CT molecular complexity index is 1030. The van der Waals surface area contributed by atoms with Crippen molar-refractivity contribution in [2.24, 2.45) is 5.92 Å². The molecule has 1 aliphatic carbocycles. The van der Waals surface area contributed by atoms with Crippen molar-refractivity contribution in [1.29, 1.82) is 0 Å². The van der Waals surface area contributed by atoms with Gasteiger partial charge in [0.25, 0.3) is 0 Å². The van der Waals surface area contributed by atoms with E-state index in [9.17, 15) is 9.59 Å². The molecule has 2 amide bonds. The van der Waals surface area contributed by atoms with E-state index in [2.05, 4.69) is 21.7 Å². The number of anilines is 1. The summed E-state index contributed by atoms with van der Waals surface area (Å²) in [5.41, 5.74) is 0.745. The van der Waals surface area contributed by atoms with Crippen molar-refractivity contribution < 1.29 is 14.3 Å². The summed E-state index contributed by atoms with van der Waals surface area (Å²) in [6.45, 7) is 0.293. The molecule has 0 bridgehead atoms. The molecule has 0 unspecified atom stereocenters. The summed E-state index contributed by atoms with van der Waals surface area (Å²) in [5, 5.41) is 10.1. The Balaban J connectivity index is 1.24. The highest BCUT2D eigenvalue weighted by molar-refractivity contribution is 7.13. The number of nitrogens with one attached hydrogen (secondary N) is 2. The molecule has 1 fully saturated rings. The van der Waals surface area contributed by atoms with Gasteiger partial charge in [-0.05, 0) is 35.7 Å². The number of hydrogen-bond acceptors (Lipinski definition) is 5. The lowest BCUT2D eigenvalue weighted by Crippen LogP contribution is -2.37. The first kappa shape index (κ1) is 20.3. The molecule has 7 heteroatoms. The van der Waals surface area contributed by atoms with Crippen LogP contribution in [0.15, 0.2) is 47.8 Å². The maximum Gasteiger partial charge on any atom is 0.245 e. The third kappa shape index (κ3) is 5.36. The van der Waals surface area contributed by atoms with E-state index in [-0.39, 0.29) is 24.3 Å². The molecular formula is C23H25N3O3S. The van der Waals surface area contributed by atoms with E-state index in [4.69, 9.17) is 4.74 Å². The highest BCUT2D eigenvalue weighted by Gasteiger charge is 2.21. The standard InChI is InChI=1S/C23H25N3O3S/c27-21(13-24-22(28)17-7-2-1-3-8-17)26-23-25-19(15-30-23)14-29-20-11-10-16-6-4-5-9-18(16)12-20/h4-6,9-12,15,17H,1-3,7-8,13-14H2,(H,24,28)(H,25,26,27). The van der Waals surface area contributed by atoms with Gasteiger partial charge in [-0.1, -0.05) is 49.6 Å². The number of fused-ring (bicyclic) bond motifs is 1. The molecule has 0 saturated heterocycles. The molecule has 0 radical (unpaired) electrons. The molecule has 1 aromatic heterocycles. The normalized spacial score (nSPS) is 14.4. The van der Waals surface area contributed by atoms with Crippen LogP contribution in [0.1, 0.15) is 37.8 Å². The summed E-state index contributed by atoms with van der Waals surface area (Å²) < 4.78 is 5.84. The Morgan fingerprint density at radius 2 is 1.87 bits per heavy atom. The first-order valence-corrected chi connectivity index (χ1v) is 11.2. The first-order valence-electron chi connectivity index (χ1n) is 10.3. The van der Waals surface area contributed by atoms with Gasteiger partial charge in [-0.15, -0.1) is 11.3 Å². The Morgan fingerprint density at radius 3 is 2.70 bits per heavy atom. The van der Waals surface area contributed by atoms with Crippen LogP contribution in [-0.4, -0.2) is 23.3 Å². The number of hydrogen-bond donors (Lipinski definition) is 2. The molecule has 0 atom stereocenters. The van der Waals surface area contributed by atoms with E-state index < -0.39 is 0 Å². The lowest BCUT2D eigenvalue weighted by molar-refractivity contribution is -0.128. The molecule has 0 spiro atoms. The van der Waals surface area contributed by atoms with Crippen LogP contribution >= 0.6 is 11.3 Å². The number of amides is 2. The fraction of sp³-hybridized carbons (Fsp3) is 0.348. The second-order valence-corrected chi connectivity index (χ2v) is 8.40. The van der Waals surface area contributed by atoms with E-state index in [0.717, 1.165) is 42.5 Å². The quantitative estimate of drug-likeness (QED) is 0.586. The Hall–Kier alpha value is -2.93. The number of carbonyl (C=O) groups excluding carboxylic acids is 2. The smallest absolute Gasteiger partial charge is 0.245 e. The van der Waals surface area contributed by atoms with Gasteiger partial charge in [0, 0.05) is 11.3 Å². The van der Waals surface area contributed by atoms with Gasteiger partial charge in [-0.2, -0.15) is 0 Å². The molecule has 4 rings (SSSR count). The SMILES string of the molecule is O=C(CNC(=O)C1CCCCC1)Nc1nc(COc2ccc3ccccc3c2)cs1. The molecule has 1 heterocycles. The topological polar surface area (TPSA) is 80.3 Å². The summed E-state index contributed by atoms with van der Waals surface area (Å²) in [4.78, 5) is 28.7. The summed E-state index contributed by atoms with van der Waals surface area (Å²) in [7, 11) is 0. The van der Waals surface area contributed by atoms with E-state index in [1.54, 1.807) is 0 Å². The summed E-state index contributed by atoms with van der Waals surface area (Å²) in [6.07, 6.45) is 5.21. The van der Waals surface area contributed by atoms with Crippen LogP contribution in [0.3, 0.4) is 0 Å². The third-order valence-corrected chi connectivity index (χ3v) is 6.11. The zero-order chi connectivity index (χ0) is 20.8. The summed E-state index contributed by atoms with van der Waals surface area (Å²) >= 11 is 1.34. The van der Waals surface area contributed by atoms with E-state index >= 15 is 0 Å². The Labute approximate surface area is 179 Å². The van der Waals surface area contributed by atoms with E-state index in [1.807, 2.05) is 41.8 Å². The van der Waals surface area contributed by atoms with Crippen molar-refractivity contribution in [3.8, 4) is 5.75 Å². The minimum atomic E-state index is -0.268. The van der Waals surface area contributed by atoms with Crippen LogP contribution < -0.4 is 15.4 Å². The molecule has 2 aromatic carbocycles. The van der Waals surface area contributed by atoms with Gasteiger partial charge in [-0.3, -0.25) is 9.59 Å². The van der Waals surface area contributed by atoms with Crippen molar-refractivity contribution in [1.82, 2.24) is 10.3 Å². The van der Waals surface area contributed by atoms with Crippen molar-refractivity contribution in [2.45, 2.75) is 38.7 Å². The zero-order valence-electron chi connectivity index (χ0n) is 16.7. The average molecular weight is 424 g/mol. The van der Waals surface area contributed by atoms with Crippen LogP contribution in [0.2, 0.25) is 0 Å². The van der Waals surface area contributed by atoms with Crippen LogP contribution in [0, 0.1) is 5.92 Å². The van der Waals surface area contributed by atoms with Crippen LogP contribution in [-0.2, 0) is 16.2 Å². The van der Waals surface area contributed by atoms with E-state index in [1.165, 1.54) is 23.1 Å². The molecule has 3 aromatic rings. The predicted molar refractivity (Wildman–Crippen MR) is 119 cm³/mol. The number of benzene rings is 2. The zero-order valence-corrected chi connectivity index (χ0v) is 17.5. The summed E-state index contributed by atoms with van der Waals surface area (Å²) in [5.74, 6) is 0.534. The van der Waals surface area contributed by atoms with Crippen LogP contribution in [0.5, 0.6) is 5.75 Å². The highest BCUT2D eigenvalue weighted by atomic mass is 32.1. The van der Waals surface area contributed by atoms with Gasteiger partial charge < -0.3 is 15.4 Å². The van der Waals surface area contributed by atoms with Crippen molar-refractivity contribution in [3.63, 3.8) is 0 Å². The first-order chi connectivity index (χ1) is 14.7. The molecule has 0 aliphatic heterocycles. The minimum absolute atomic E-state index is 0.0199. The van der Waals surface area contributed by atoms with Gasteiger partial charge in [-0.25, -0.2) is 4.98 Å². The van der Waals surface area contributed by atoms with Gasteiger partial charge >= 0.3 is 0 Å². The van der Waals surface area contributed by atoms with Crippen molar-refractivity contribution >= 4 is 39.1 Å². The molecule has 6 nitrogen and oxygen atoms in total. The number of ether oxygens (including phenoxy) is 1. The highest BCUT2D eigenvalue weighted by Crippen LogP contribution is 2.24. The number of thiazole rings is 1. The van der Waals surface area contributed by atoms with Gasteiger partial charge in [0.15, 0.2) is 5.13 Å². The number of carbonyl (C=O) groups is 2. The predicted octanol–water partition coefficient (Wildman–Crippen LogP) is 4.51. The van der Waals surface area contributed by atoms with Crippen LogP contribution in [0.4, 0.5) is 5.13 Å². The van der Waals surface area contributed by atoms with Crippen molar-refractivity contribution in [2.75, 3.05) is 11.9 Å². The fourth-order valence-corrected chi connectivity index (χ4v) is 4.40. The van der Waals surface area contributed by atoms with Gasteiger partial charge in [0.2, 0.25) is 11.8 Å². The third-order valence-electron chi connectivity index (χ3n) is 5.30. The lowest BCUT2D eigenvalue weighted by Gasteiger charge is -2.20. The second kappa shape index (κ2) is 9.71. The maximum absolute atomic E-state index is 12.1. The summed E-state index contributed by atoms with van der Waals surface area (Å²) in [6, 6.07) is 14.1. The van der Waals surface area contributed by atoms with Crippen molar-refractivity contribution in [3.05, 3.63) is 53.5 Å². The molecule has 156 valence electrons. The van der Waals surface area contributed by atoms with E-state index in [0.29, 0.717) is 11.7 Å². The molecule has 30 heavy (non-hydrogen) atoms.